The van der Waals surface area contributed by atoms with Crippen LogP contribution in [0, 0.1) is 0 Å². The first-order valence-electron chi connectivity index (χ1n) is 8.90. The second-order valence-electron chi connectivity index (χ2n) is 6.77. The summed E-state index contributed by atoms with van der Waals surface area (Å²) in [6.07, 6.45) is 0. The van der Waals surface area contributed by atoms with E-state index < -0.39 is 0 Å². The zero-order valence-corrected chi connectivity index (χ0v) is 16.7. The van der Waals surface area contributed by atoms with Gasteiger partial charge in [-0.05, 0) is 36.4 Å². The minimum absolute atomic E-state index is 1.12. The molecule has 3 heteroatoms. The van der Waals surface area contributed by atoms with Gasteiger partial charge in [0.2, 0.25) is 0 Å². The van der Waals surface area contributed by atoms with E-state index in [2.05, 4.69) is 105 Å². The molecule has 0 unspecified atom stereocenters. The van der Waals surface area contributed by atoms with E-state index >= 15 is 0 Å². The number of fused-ring (bicyclic) bond motifs is 6. The van der Waals surface area contributed by atoms with Crippen LogP contribution in [-0.4, -0.2) is 4.57 Å². The second-order valence-corrected chi connectivity index (χ2v) is 8.73. The zero-order valence-electron chi connectivity index (χ0n) is 14.3. The molecule has 0 spiro atoms. The lowest BCUT2D eigenvalue weighted by Gasteiger charge is -2.09. The van der Waals surface area contributed by atoms with Crippen molar-refractivity contribution in [2.45, 2.75) is 0 Å². The van der Waals surface area contributed by atoms with Crippen molar-refractivity contribution in [3.8, 4) is 5.69 Å². The van der Waals surface area contributed by atoms with Crippen molar-refractivity contribution in [2.75, 3.05) is 0 Å². The first-order chi connectivity index (χ1) is 13.3. The third-order valence-corrected chi connectivity index (χ3v) is 6.96. The number of rotatable bonds is 1. The van der Waals surface area contributed by atoms with Crippen LogP contribution in [-0.2, 0) is 0 Å². The average Bonchev–Trinajstić information content (AvgIpc) is 3.24. The quantitative estimate of drug-likeness (QED) is 0.251. The maximum atomic E-state index is 3.62. The predicted molar refractivity (Wildman–Crippen MR) is 121 cm³/mol. The lowest BCUT2D eigenvalue weighted by Crippen LogP contribution is -1.93. The monoisotopic (exact) mass is 427 g/mol. The fourth-order valence-corrected chi connectivity index (χ4v) is 5.66. The summed E-state index contributed by atoms with van der Waals surface area (Å²) in [5.74, 6) is 0. The molecule has 2 heterocycles. The van der Waals surface area contributed by atoms with E-state index in [1.807, 2.05) is 11.3 Å². The Hall–Kier alpha value is -2.62. The van der Waals surface area contributed by atoms with Gasteiger partial charge in [-0.25, -0.2) is 0 Å². The van der Waals surface area contributed by atoms with E-state index in [1.54, 1.807) is 0 Å². The number of thiophene rings is 1. The Morgan fingerprint density at radius 3 is 2.04 bits per heavy atom. The van der Waals surface area contributed by atoms with Gasteiger partial charge >= 0.3 is 0 Å². The molecule has 0 amide bonds. The van der Waals surface area contributed by atoms with Gasteiger partial charge in [-0.3, -0.25) is 0 Å². The molecule has 0 bridgehead atoms. The highest BCUT2D eigenvalue weighted by atomic mass is 79.9. The molecule has 6 aromatic rings. The minimum Gasteiger partial charge on any atom is -0.308 e. The van der Waals surface area contributed by atoms with Crippen LogP contribution in [0.1, 0.15) is 0 Å². The first-order valence-corrected chi connectivity index (χ1v) is 10.5. The van der Waals surface area contributed by atoms with Gasteiger partial charge in [-0.15, -0.1) is 11.3 Å². The number of hydrogen-bond acceptors (Lipinski definition) is 1. The first kappa shape index (κ1) is 15.4. The molecular formula is C24H14BrNS. The van der Waals surface area contributed by atoms with Gasteiger partial charge < -0.3 is 4.57 Å². The summed E-state index contributed by atoms with van der Waals surface area (Å²) in [4.78, 5) is 0. The smallest absolute Gasteiger partial charge is 0.0640 e. The maximum absolute atomic E-state index is 3.62. The van der Waals surface area contributed by atoms with Crippen LogP contribution in [0.3, 0.4) is 0 Å². The third kappa shape index (κ3) is 2.16. The molecule has 0 N–H and O–H groups in total. The van der Waals surface area contributed by atoms with E-state index in [-0.39, 0.29) is 0 Å². The molecule has 0 aliphatic heterocycles. The van der Waals surface area contributed by atoms with Crippen molar-refractivity contribution in [1.29, 1.82) is 0 Å². The van der Waals surface area contributed by atoms with Gasteiger partial charge in [0.1, 0.15) is 0 Å². The van der Waals surface area contributed by atoms with Crippen molar-refractivity contribution in [1.82, 2.24) is 4.57 Å². The summed E-state index contributed by atoms with van der Waals surface area (Å²) < 4.78 is 6.19. The number of hydrogen-bond donors (Lipinski definition) is 0. The SMILES string of the molecule is Brc1ccc2sc3c(-n4c5ccccc5c5ccccc54)cccc3c2c1. The Labute approximate surface area is 168 Å². The Kier molecular flexibility index (Phi) is 3.25. The molecule has 0 saturated heterocycles. The topological polar surface area (TPSA) is 4.93 Å². The van der Waals surface area contributed by atoms with Gasteiger partial charge in [0.05, 0.1) is 21.4 Å². The number of nitrogens with zero attached hydrogens (tertiary/aromatic N) is 1. The molecule has 0 aliphatic carbocycles. The molecule has 128 valence electrons. The lowest BCUT2D eigenvalue weighted by molar-refractivity contribution is 1.20. The highest BCUT2D eigenvalue weighted by molar-refractivity contribution is 9.10. The summed E-state index contributed by atoms with van der Waals surface area (Å²) in [6.45, 7) is 0. The van der Waals surface area contributed by atoms with E-state index in [4.69, 9.17) is 0 Å². The Morgan fingerprint density at radius 2 is 1.30 bits per heavy atom. The summed E-state index contributed by atoms with van der Waals surface area (Å²) in [6, 6.07) is 30.6. The fourth-order valence-electron chi connectivity index (χ4n) is 4.11. The summed E-state index contributed by atoms with van der Waals surface area (Å²) in [5, 5.41) is 5.23. The third-order valence-electron chi connectivity index (χ3n) is 5.26. The molecule has 0 aliphatic rings. The largest absolute Gasteiger partial charge is 0.308 e. The van der Waals surface area contributed by atoms with Gasteiger partial charge in [0, 0.05) is 30.7 Å². The van der Waals surface area contributed by atoms with Crippen molar-refractivity contribution in [3.63, 3.8) is 0 Å². The van der Waals surface area contributed by atoms with E-state index in [1.165, 1.54) is 47.7 Å². The molecule has 0 fully saturated rings. The van der Waals surface area contributed by atoms with E-state index in [9.17, 15) is 0 Å². The highest BCUT2D eigenvalue weighted by Gasteiger charge is 2.15. The zero-order chi connectivity index (χ0) is 18.0. The van der Waals surface area contributed by atoms with Crippen LogP contribution in [0.5, 0.6) is 0 Å². The highest BCUT2D eigenvalue weighted by Crippen LogP contribution is 2.41. The van der Waals surface area contributed by atoms with Crippen LogP contribution in [0.15, 0.2) is 89.4 Å². The van der Waals surface area contributed by atoms with Gasteiger partial charge in [0.25, 0.3) is 0 Å². The standard InChI is InChI=1S/C24H14BrNS/c25-15-12-13-23-19(14-15)18-8-5-11-22(24(18)27-23)26-20-9-3-1-6-16(20)17-7-2-4-10-21(17)26/h1-14H. The number of aromatic nitrogens is 1. The molecule has 0 radical (unpaired) electrons. The molecule has 2 aromatic heterocycles. The average molecular weight is 428 g/mol. The van der Waals surface area contributed by atoms with Crippen LogP contribution in [0.25, 0.3) is 47.7 Å². The van der Waals surface area contributed by atoms with E-state index in [0.29, 0.717) is 0 Å². The number of benzene rings is 4. The molecule has 1 nitrogen and oxygen atoms in total. The summed E-state index contributed by atoms with van der Waals surface area (Å²) in [7, 11) is 0. The predicted octanol–water partition coefficient (Wildman–Crippen LogP) is 7.91. The summed E-state index contributed by atoms with van der Waals surface area (Å²) >= 11 is 5.50. The Morgan fingerprint density at radius 1 is 0.630 bits per heavy atom. The Bertz CT molecular complexity index is 1440. The van der Waals surface area contributed by atoms with E-state index in [0.717, 1.165) is 4.47 Å². The van der Waals surface area contributed by atoms with Crippen molar-refractivity contribution < 1.29 is 0 Å². The summed E-state index contributed by atoms with van der Waals surface area (Å²) in [5.41, 5.74) is 3.76. The molecule has 0 saturated carbocycles. The van der Waals surface area contributed by atoms with Crippen molar-refractivity contribution in [2.24, 2.45) is 0 Å². The maximum Gasteiger partial charge on any atom is 0.0640 e. The molecule has 0 atom stereocenters. The van der Waals surface area contributed by atoms with Gasteiger partial charge in [-0.2, -0.15) is 0 Å². The van der Waals surface area contributed by atoms with Crippen molar-refractivity contribution in [3.05, 3.63) is 89.4 Å². The molecule has 27 heavy (non-hydrogen) atoms. The fraction of sp³-hybridized carbons (Fsp3) is 0. The number of halogens is 1. The molecule has 4 aromatic carbocycles. The lowest BCUT2D eigenvalue weighted by atomic mass is 10.1. The van der Waals surface area contributed by atoms with Gasteiger partial charge in [0.15, 0.2) is 0 Å². The Balaban J connectivity index is 1.82. The normalized spacial score (nSPS) is 11.9. The second kappa shape index (κ2) is 5.69. The molecule has 6 rings (SSSR count). The van der Waals surface area contributed by atoms with Crippen molar-refractivity contribution >= 4 is 69.2 Å². The molecular weight excluding hydrogens is 414 g/mol. The minimum atomic E-state index is 1.12. The van der Waals surface area contributed by atoms with Crippen LogP contribution in [0.4, 0.5) is 0 Å². The van der Waals surface area contributed by atoms with Crippen LogP contribution >= 0.6 is 27.3 Å². The van der Waals surface area contributed by atoms with Crippen LogP contribution in [0.2, 0.25) is 0 Å². The van der Waals surface area contributed by atoms with Gasteiger partial charge in [-0.1, -0.05) is 64.5 Å². The van der Waals surface area contributed by atoms with Crippen LogP contribution < -0.4 is 0 Å². The number of para-hydroxylation sites is 2.